The van der Waals surface area contributed by atoms with Gasteiger partial charge in [0, 0.05) is 0 Å². The lowest BCUT2D eigenvalue weighted by Crippen LogP contribution is -2.37. The maximum absolute atomic E-state index is 2.35. The minimum atomic E-state index is 0.375. The highest BCUT2D eigenvalue weighted by Gasteiger charge is 2.41. The molecule has 0 aromatic rings. The highest BCUT2D eigenvalue weighted by Crippen LogP contribution is 2.54. The maximum atomic E-state index is 2.35. The Bertz CT molecular complexity index is 116. The van der Waals surface area contributed by atoms with Gasteiger partial charge in [-0.3, -0.25) is 0 Å². The molecule has 0 aromatic heterocycles. The molecule has 0 unspecified atom stereocenters. The second-order valence-corrected chi connectivity index (χ2v) is 6.12. The van der Waals surface area contributed by atoms with E-state index in [-0.39, 0.29) is 0 Å². The van der Waals surface area contributed by atoms with Crippen molar-refractivity contribution in [2.75, 3.05) is 0 Å². The Morgan fingerprint density at radius 2 is 0.818 bits per heavy atom. The van der Waals surface area contributed by atoms with E-state index in [0.717, 1.165) is 0 Å². The van der Waals surface area contributed by atoms with Crippen LogP contribution >= 0.6 is 0 Å². The number of hydrogen-bond donors (Lipinski definition) is 0. The summed E-state index contributed by atoms with van der Waals surface area (Å²) in [6.45, 7) is 16.3. The van der Waals surface area contributed by atoms with Crippen molar-refractivity contribution < 1.29 is 0 Å². The SMILES string of the molecule is BC(C)(C(C)(C)C)C(C)(C)C. The Labute approximate surface area is 73.2 Å². The monoisotopic (exact) mass is 154 g/mol. The molecule has 0 aromatic carbocycles. The summed E-state index contributed by atoms with van der Waals surface area (Å²) in [5.41, 5.74) is 0.760. The molecular formula is C10H23B. The minimum absolute atomic E-state index is 0.375. The standard InChI is InChI=1S/C10H23B/c1-8(2,3)10(7,11)9(4,5)6/h11H2,1-7H3. The quantitative estimate of drug-likeness (QED) is 0.470. The van der Waals surface area contributed by atoms with Gasteiger partial charge in [-0.25, -0.2) is 0 Å². The molecule has 0 bridgehead atoms. The fourth-order valence-corrected chi connectivity index (χ4v) is 1.12. The smallest absolute Gasteiger partial charge is 0.0660 e. The van der Waals surface area contributed by atoms with Gasteiger partial charge < -0.3 is 0 Å². The van der Waals surface area contributed by atoms with Crippen LogP contribution in [0.4, 0.5) is 0 Å². The van der Waals surface area contributed by atoms with Gasteiger partial charge in [0.15, 0.2) is 0 Å². The largest absolute Gasteiger partial charge is 0.110 e. The zero-order chi connectivity index (χ0) is 9.50. The maximum Gasteiger partial charge on any atom is 0.110 e. The summed E-state index contributed by atoms with van der Waals surface area (Å²) in [6, 6.07) is 0. The zero-order valence-electron chi connectivity index (χ0n) is 9.50. The van der Waals surface area contributed by atoms with E-state index in [2.05, 4.69) is 56.3 Å². The van der Waals surface area contributed by atoms with Crippen LogP contribution in [0.1, 0.15) is 48.5 Å². The lowest BCUT2D eigenvalue weighted by Gasteiger charge is -2.49. The molecule has 0 spiro atoms. The van der Waals surface area contributed by atoms with E-state index < -0.39 is 0 Å². The first kappa shape index (κ1) is 11.1. The van der Waals surface area contributed by atoms with Crippen LogP contribution in [0, 0.1) is 10.8 Å². The average molecular weight is 154 g/mol. The van der Waals surface area contributed by atoms with Crippen LogP contribution in [-0.4, -0.2) is 7.85 Å². The van der Waals surface area contributed by atoms with Crippen molar-refractivity contribution >= 4 is 7.85 Å². The molecule has 0 heterocycles. The van der Waals surface area contributed by atoms with E-state index in [4.69, 9.17) is 0 Å². The predicted molar refractivity (Wildman–Crippen MR) is 55.8 cm³/mol. The molecule has 11 heavy (non-hydrogen) atoms. The van der Waals surface area contributed by atoms with Gasteiger partial charge in [-0.1, -0.05) is 53.8 Å². The molecular weight excluding hydrogens is 131 g/mol. The van der Waals surface area contributed by atoms with E-state index in [9.17, 15) is 0 Å². The second kappa shape index (κ2) is 2.53. The molecule has 0 amide bonds. The van der Waals surface area contributed by atoms with Gasteiger partial charge in [0.25, 0.3) is 0 Å². The molecule has 0 saturated carbocycles. The van der Waals surface area contributed by atoms with Crippen LogP contribution in [0.2, 0.25) is 5.31 Å². The van der Waals surface area contributed by atoms with Crippen LogP contribution in [0.3, 0.4) is 0 Å². The van der Waals surface area contributed by atoms with E-state index >= 15 is 0 Å². The topological polar surface area (TPSA) is 0 Å². The molecule has 0 rings (SSSR count). The second-order valence-electron chi connectivity index (χ2n) is 6.12. The van der Waals surface area contributed by atoms with Crippen LogP contribution in [0.15, 0.2) is 0 Å². The number of rotatable bonds is 0. The third-order valence-corrected chi connectivity index (χ3v) is 3.75. The van der Waals surface area contributed by atoms with Crippen molar-refractivity contribution in [1.29, 1.82) is 0 Å². The van der Waals surface area contributed by atoms with E-state index in [0.29, 0.717) is 16.1 Å². The van der Waals surface area contributed by atoms with Crippen molar-refractivity contribution in [2.24, 2.45) is 10.8 Å². The first-order valence-corrected chi connectivity index (χ1v) is 4.50. The molecule has 0 aliphatic carbocycles. The molecule has 0 nitrogen and oxygen atoms in total. The van der Waals surface area contributed by atoms with Gasteiger partial charge in [0.1, 0.15) is 7.85 Å². The normalized spacial score (nSPS) is 15.2. The van der Waals surface area contributed by atoms with Gasteiger partial charge >= 0.3 is 0 Å². The fraction of sp³-hybridized carbons (Fsp3) is 1.00. The third-order valence-electron chi connectivity index (χ3n) is 3.75. The summed E-state index contributed by atoms with van der Waals surface area (Å²) in [6.07, 6.45) is 0. The molecule has 0 fully saturated rings. The summed E-state index contributed by atoms with van der Waals surface area (Å²) >= 11 is 0. The Kier molecular flexibility index (Phi) is 2.55. The lowest BCUT2D eigenvalue weighted by molar-refractivity contribution is 0.141. The summed E-state index contributed by atoms with van der Waals surface area (Å²) in [7, 11) is 2.35. The third kappa shape index (κ3) is 2.01. The molecule has 1 heteroatoms. The Morgan fingerprint density at radius 3 is 0.818 bits per heavy atom. The van der Waals surface area contributed by atoms with E-state index in [1.165, 1.54) is 0 Å². The molecule has 0 aliphatic rings. The van der Waals surface area contributed by atoms with Crippen molar-refractivity contribution in [3.05, 3.63) is 0 Å². The Morgan fingerprint density at radius 1 is 0.636 bits per heavy atom. The predicted octanol–water partition coefficient (Wildman–Crippen LogP) is 2.89. The summed E-state index contributed by atoms with van der Waals surface area (Å²) in [5.74, 6) is 0. The number of hydrogen-bond acceptors (Lipinski definition) is 0. The van der Waals surface area contributed by atoms with Crippen LogP contribution < -0.4 is 0 Å². The zero-order valence-corrected chi connectivity index (χ0v) is 9.50. The van der Waals surface area contributed by atoms with Crippen molar-refractivity contribution in [1.82, 2.24) is 0 Å². The van der Waals surface area contributed by atoms with Crippen LogP contribution in [0.25, 0.3) is 0 Å². The molecule has 0 atom stereocenters. The van der Waals surface area contributed by atoms with E-state index in [1.807, 2.05) is 0 Å². The molecule has 0 radical (unpaired) electrons. The summed E-state index contributed by atoms with van der Waals surface area (Å²) < 4.78 is 0. The lowest BCUT2D eigenvalue weighted by atomic mass is 9.45. The fourth-order valence-electron chi connectivity index (χ4n) is 1.12. The first-order valence-electron chi connectivity index (χ1n) is 4.50. The van der Waals surface area contributed by atoms with Gasteiger partial charge in [0.05, 0.1) is 0 Å². The van der Waals surface area contributed by atoms with Crippen molar-refractivity contribution in [3.8, 4) is 0 Å². The van der Waals surface area contributed by atoms with Gasteiger partial charge in [0.2, 0.25) is 0 Å². The molecule has 0 saturated heterocycles. The Hall–Kier alpha value is 0.0649. The molecule has 0 aliphatic heterocycles. The van der Waals surface area contributed by atoms with Gasteiger partial charge in [-0.05, 0) is 10.8 Å². The minimum Gasteiger partial charge on any atom is -0.0660 e. The van der Waals surface area contributed by atoms with Crippen LogP contribution in [-0.2, 0) is 0 Å². The van der Waals surface area contributed by atoms with Gasteiger partial charge in [-0.15, -0.1) is 0 Å². The Balaban J connectivity index is 4.75. The van der Waals surface area contributed by atoms with E-state index in [1.54, 1.807) is 0 Å². The van der Waals surface area contributed by atoms with Crippen molar-refractivity contribution in [3.63, 3.8) is 0 Å². The van der Waals surface area contributed by atoms with Crippen molar-refractivity contribution in [2.45, 2.75) is 53.8 Å². The summed E-state index contributed by atoms with van der Waals surface area (Å²) in [5, 5.41) is 0.375. The van der Waals surface area contributed by atoms with Gasteiger partial charge in [-0.2, -0.15) is 0 Å². The molecule has 0 N–H and O–H groups in total. The average Bonchev–Trinajstić information content (AvgIpc) is 1.58. The first-order chi connectivity index (χ1) is 4.50. The molecule has 66 valence electrons. The summed E-state index contributed by atoms with van der Waals surface area (Å²) in [4.78, 5) is 0. The highest BCUT2D eigenvalue weighted by atomic mass is 14.4. The highest BCUT2D eigenvalue weighted by molar-refractivity contribution is 6.16. The van der Waals surface area contributed by atoms with Crippen LogP contribution in [0.5, 0.6) is 0 Å².